The van der Waals surface area contributed by atoms with Crippen molar-refractivity contribution in [2.24, 2.45) is 11.3 Å². The number of hydrogen-bond donors (Lipinski definition) is 2. The van der Waals surface area contributed by atoms with Gasteiger partial charge in [0.15, 0.2) is 0 Å². The molecule has 118 valence electrons. The minimum absolute atomic E-state index is 0.0260. The number of hydrogen-bond acceptors (Lipinski definition) is 3. The summed E-state index contributed by atoms with van der Waals surface area (Å²) in [4.78, 5) is 36.3. The molecule has 2 rings (SSSR count). The van der Waals surface area contributed by atoms with E-state index in [1.54, 1.807) is 4.90 Å². The number of carbonyl (C=O) groups is 3. The third-order valence-electron chi connectivity index (χ3n) is 4.86. The van der Waals surface area contributed by atoms with E-state index in [0.717, 1.165) is 19.3 Å². The molecule has 0 aromatic heterocycles. The van der Waals surface area contributed by atoms with Gasteiger partial charge in [-0.25, -0.2) is 0 Å². The first-order valence-electron chi connectivity index (χ1n) is 7.68. The van der Waals surface area contributed by atoms with Gasteiger partial charge in [0.2, 0.25) is 11.8 Å². The molecule has 1 aliphatic carbocycles. The van der Waals surface area contributed by atoms with Gasteiger partial charge in [-0.1, -0.05) is 6.42 Å². The molecule has 1 aliphatic heterocycles. The Morgan fingerprint density at radius 2 is 1.86 bits per heavy atom. The molecule has 0 unspecified atom stereocenters. The van der Waals surface area contributed by atoms with Crippen LogP contribution in [0.1, 0.15) is 45.4 Å². The molecule has 2 amide bonds. The highest BCUT2D eigenvalue weighted by Crippen LogP contribution is 2.44. The van der Waals surface area contributed by atoms with Gasteiger partial charge >= 0.3 is 5.97 Å². The summed E-state index contributed by atoms with van der Waals surface area (Å²) < 4.78 is 0. The maximum absolute atomic E-state index is 12.3. The Hall–Kier alpha value is -1.59. The van der Waals surface area contributed by atoms with E-state index < -0.39 is 11.4 Å². The molecule has 0 aromatic rings. The number of carboxylic acids is 1. The van der Waals surface area contributed by atoms with Crippen LogP contribution in [0.25, 0.3) is 0 Å². The molecule has 6 heteroatoms. The van der Waals surface area contributed by atoms with Crippen molar-refractivity contribution in [1.82, 2.24) is 10.2 Å². The van der Waals surface area contributed by atoms with Gasteiger partial charge in [-0.2, -0.15) is 0 Å². The van der Waals surface area contributed by atoms with Crippen LogP contribution in [0.2, 0.25) is 0 Å². The lowest BCUT2D eigenvalue weighted by atomic mass is 9.66. The fourth-order valence-electron chi connectivity index (χ4n) is 3.15. The summed E-state index contributed by atoms with van der Waals surface area (Å²) in [6.07, 6.45) is 4.01. The first-order chi connectivity index (χ1) is 9.93. The Morgan fingerprint density at radius 1 is 1.24 bits per heavy atom. The number of rotatable bonds is 5. The van der Waals surface area contributed by atoms with Gasteiger partial charge in [0.05, 0.1) is 5.41 Å². The van der Waals surface area contributed by atoms with Crippen LogP contribution in [0, 0.1) is 11.3 Å². The Balaban J connectivity index is 1.78. The number of nitrogens with one attached hydrogen (secondary N) is 1. The Bertz CT molecular complexity index is 423. The molecule has 6 nitrogen and oxygen atoms in total. The van der Waals surface area contributed by atoms with Gasteiger partial charge < -0.3 is 15.3 Å². The third-order valence-corrected chi connectivity index (χ3v) is 4.86. The van der Waals surface area contributed by atoms with Crippen molar-refractivity contribution >= 4 is 17.8 Å². The number of amides is 2. The molecule has 0 spiro atoms. The molecule has 0 radical (unpaired) electrons. The van der Waals surface area contributed by atoms with E-state index in [1.165, 1.54) is 6.92 Å². The zero-order valence-corrected chi connectivity index (χ0v) is 12.6. The first kappa shape index (κ1) is 15.8. The normalized spacial score (nSPS) is 21.5. The minimum atomic E-state index is -0.831. The maximum atomic E-state index is 12.3. The highest BCUT2D eigenvalue weighted by molar-refractivity contribution is 5.85. The van der Waals surface area contributed by atoms with E-state index in [-0.39, 0.29) is 18.2 Å². The van der Waals surface area contributed by atoms with Crippen molar-refractivity contribution < 1.29 is 19.5 Å². The zero-order chi connectivity index (χ0) is 15.5. The zero-order valence-electron chi connectivity index (χ0n) is 12.6. The van der Waals surface area contributed by atoms with Crippen molar-refractivity contribution in [2.75, 3.05) is 19.6 Å². The Morgan fingerprint density at radius 3 is 2.29 bits per heavy atom. The quantitative estimate of drug-likeness (QED) is 0.792. The fraction of sp³-hybridized carbons (Fsp3) is 0.800. The molecule has 0 aromatic carbocycles. The molecule has 1 saturated carbocycles. The smallest absolute Gasteiger partial charge is 0.310 e. The van der Waals surface area contributed by atoms with Gasteiger partial charge in [0, 0.05) is 33.0 Å². The van der Waals surface area contributed by atoms with Crippen LogP contribution < -0.4 is 5.32 Å². The van der Waals surface area contributed by atoms with Gasteiger partial charge in [0.25, 0.3) is 0 Å². The van der Waals surface area contributed by atoms with E-state index >= 15 is 0 Å². The standard InChI is InChI=1S/C15H24N2O4/c1-11(18)16-10-12-3-7-17(8-4-12)13(19)9-15(14(20)21)5-2-6-15/h12H,2-10H2,1H3,(H,16,18)(H,20,21). The maximum Gasteiger partial charge on any atom is 0.310 e. The molecular weight excluding hydrogens is 272 g/mol. The number of likely N-dealkylation sites (tertiary alicyclic amines) is 1. The number of aliphatic carboxylic acids is 1. The highest BCUT2D eigenvalue weighted by atomic mass is 16.4. The van der Waals surface area contributed by atoms with Crippen LogP contribution in [-0.4, -0.2) is 47.4 Å². The lowest BCUT2D eigenvalue weighted by Gasteiger charge is -2.39. The van der Waals surface area contributed by atoms with E-state index in [0.29, 0.717) is 38.4 Å². The largest absolute Gasteiger partial charge is 0.481 e. The lowest BCUT2D eigenvalue weighted by molar-refractivity contribution is -0.159. The van der Waals surface area contributed by atoms with Crippen molar-refractivity contribution in [3.8, 4) is 0 Å². The van der Waals surface area contributed by atoms with Gasteiger partial charge in [-0.05, 0) is 31.6 Å². The van der Waals surface area contributed by atoms with E-state index in [4.69, 9.17) is 0 Å². The molecular formula is C15H24N2O4. The van der Waals surface area contributed by atoms with E-state index in [2.05, 4.69) is 5.32 Å². The first-order valence-corrected chi connectivity index (χ1v) is 7.68. The molecule has 1 saturated heterocycles. The Labute approximate surface area is 124 Å². The van der Waals surface area contributed by atoms with E-state index in [9.17, 15) is 19.5 Å². The third kappa shape index (κ3) is 3.74. The summed E-state index contributed by atoms with van der Waals surface area (Å²) in [6.45, 7) is 3.50. The monoisotopic (exact) mass is 296 g/mol. The second kappa shape index (κ2) is 6.45. The van der Waals surface area contributed by atoms with Gasteiger partial charge in [-0.3, -0.25) is 14.4 Å². The van der Waals surface area contributed by atoms with Crippen LogP contribution in [0.5, 0.6) is 0 Å². The predicted molar refractivity (Wildman–Crippen MR) is 76.5 cm³/mol. The predicted octanol–water partition coefficient (Wildman–Crippen LogP) is 1.01. The molecule has 2 fully saturated rings. The average molecular weight is 296 g/mol. The van der Waals surface area contributed by atoms with E-state index in [1.807, 2.05) is 0 Å². The SMILES string of the molecule is CC(=O)NCC1CCN(C(=O)CC2(C(=O)O)CCC2)CC1. The van der Waals surface area contributed by atoms with Crippen LogP contribution in [0.4, 0.5) is 0 Å². The summed E-state index contributed by atoms with van der Waals surface area (Å²) in [6, 6.07) is 0. The van der Waals surface area contributed by atoms with Crippen LogP contribution in [0.15, 0.2) is 0 Å². The number of carbonyl (C=O) groups excluding carboxylic acids is 2. The molecule has 2 N–H and O–H groups in total. The number of carboxylic acid groups (broad SMARTS) is 1. The van der Waals surface area contributed by atoms with Gasteiger partial charge in [0.1, 0.15) is 0 Å². The summed E-state index contributed by atoms with van der Waals surface area (Å²) in [5.41, 5.74) is -0.801. The molecule has 0 atom stereocenters. The summed E-state index contributed by atoms with van der Waals surface area (Å²) in [5, 5.41) is 12.1. The molecule has 1 heterocycles. The minimum Gasteiger partial charge on any atom is -0.481 e. The second-order valence-corrected chi connectivity index (χ2v) is 6.38. The Kier molecular flexibility index (Phi) is 4.85. The second-order valence-electron chi connectivity index (χ2n) is 6.38. The highest BCUT2D eigenvalue weighted by Gasteiger charge is 2.46. The van der Waals surface area contributed by atoms with Crippen molar-refractivity contribution in [3.63, 3.8) is 0 Å². The average Bonchev–Trinajstić information content (AvgIpc) is 2.40. The number of nitrogens with zero attached hydrogens (tertiary/aromatic N) is 1. The van der Waals surface area contributed by atoms with Gasteiger partial charge in [-0.15, -0.1) is 0 Å². The summed E-state index contributed by atoms with van der Waals surface area (Å²) in [7, 11) is 0. The fourth-order valence-corrected chi connectivity index (χ4v) is 3.15. The molecule has 2 aliphatic rings. The topological polar surface area (TPSA) is 86.7 Å². The van der Waals surface area contributed by atoms with Crippen molar-refractivity contribution in [2.45, 2.75) is 45.4 Å². The summed E-state index contributed by atoms with van der Waals surface area (Å²) >= 11 is 0. The number of piperidine rings is 1. The lowest BCUT2D eigenvalue weighted by Crippen LogP contribution is -2.46. The molecule has 21 heavy (non-hydrogen) atoms. The van der Waals surface area contributed by atoms with Crippen LogP contribution in [-0.2, 0) is 14.4 Å². The summed E-state index contributed by atoms with van der Waals surface area (Å²) in [5.74, 6) is -0.477. The van der Waals surface area contributed by atoms with Crippen LogP contribution >= 0.6 is 0 Å². The molecule has 0 bridgehead atoms. The van der Waals surface area contributed by atoms with Crippen LogP contribution in [0.3, 0.4) is 0 Å². The van der Waals surface area contributed by atoms with Crippen molar-refractivity contribution in [1.29, 1.82) is 0 Å². The van der Waals surface area contributed by atoms with Crippen molar-refractivity contribution in [3.05, 3.63) is 0 Å².